The second kappa shape index (κ2) is 5.47. The number of benzene rings is 1. The fourth-order valence-corrected chi connectivity index (χ4v) is 3.83. The molecule has 128 valence electrons. The zero-order valence-corrected chi connectivity index (χ0v) is 14.5. The van der Waals surface area contributed by atoms with Gasteiger partial charge in [-0.1, -0.05) is 23.7 Å². The van der Waals surface area contributed by atoms with Gasteiger partial charge >= 0.3 is 0 Å². The lowest BCUT2D eigenvalue weighted by atomic mass is 9.75. The van der Waals surface area contributed by atoms with Crippen LogP contribution < -0.4 is 15.8 Å². The van der Waals surface area contributed by atoms with E-state index in [1.807, 2.05) is 42.6 Å². The summed E-state index contributed by atoms with van der Waals surface area (Å²) in [6, 6.07) is 13.7. The molecule has 5 nitrogen and oxygen atoms in total. The number of nitrogens with zero attached hydrogens (tertiary/aromatic N) is 2. The molecule has 0 saturated carbocycles. The molecule has 0 radical (unpaired) electrons. The smallest absolute Gasteiger partial charge is 0.150 e. The van der Waals surface area contributed by atoms with Crippen molar-refractivity contribution in [3.63, 3.8) is 0 Å². The standard InChI is InChI=1S/C20H15ClN4O/c21-17-6-5-16-19(25-17)20(9-18(22)24-11-20)14-8-12(3-4-15(14)26-16)13-2-1-7-23-10-13/h1-10,24H,11,22H2. The summed E-state index contributed by atoms with van der Waals surface area (Å²) in [5.74, 6) is 2.11. The van der Waals surface area contributed by atoms with Crippen LogP contribution in [0.4, 0.5) is 0 Å². The number of rotatable bonds is 1. The maximum atomic E-state index is 6.18. The van der Waals surface area contributed by atoms with Gasteiger partial charge in [0.2, 0.25) is 0 Å². The molecule has 0 fully saturated rings. The molecule has 0 aliphatic carbocycles. The summed E-state index contributed by atoms with van der Waals surface area (Å²) in [6.07, 6.45) is 5.61. The summed E-state index contributed by atoms with van der Waals surface area (Å²) in [5, 5.41) is 3.66. The van der Waals surface area contributed by atoms with Gasteiger partial charge in [-0.15, -0.1) is 0 Å². The molecule has 1 spiro atoms. The van der Waals surface area contributed by atoms with Crippen molar-refractivity contribution < 1.29 is 4.74 Å². The Bertz CT molecular complexity index is 1050. The van der Waals surface area contributed by atoms with Gasteiger partial charge in [-0.3, -0.25) is 4.98 Å². The SMILES string of the molecule is NC1=CC2(CN1)c1cc(-c3cccnc3)ccc1Oc1ccc(Cl)nc12. The van der Waals surface area contributed by atoms with Gasteiger partial charge in [0.15, 0.2) is 0 Å². The average molecular weight is 363 g/mol. The van der Waals surface area contributed by atoms with Crippen LogP contribution in [0.15, 0.2) is 66.8 Å². The molecule has 1 atom stereocenters. The molecule has 1 aromatic carbocycles. The molecule has 4 heterocycles. The number of ether oxygens (including phenoxy) is 1. The molecular formula is C20H15ClN4O. The van der Waals surface area contributed by atoms with Gasteiger partial charge in [-0.25, -0.2) is 4.98 Å². The lowest BCUT2D eigenvalue weighted by Gasteiger charge is -2.34. The first kappa shape index (κ1) is 15.2. The fourth-order valence-electron chi connectivity index (χ4n) is 3.69. The topological polar surface area (TPSA) is 73.1 Å². The van der Waals surface area contributed by atoms with E-state index in [9.17, 15) is 0 Å². The highest BCUT2D eigenvalue weighted by atomic mass is 35.5. The highest BCUT2D eigenvalue weighted by Crippen LogP contribution is 2.50. The lowest BCUT2D eigenvalue weighted by molar-refractivity contribution is 0.416. The van der Waals surface area contributed by atoms with Gasteiger partial charge in [0, 0.05) is 30.1 Å². The molecule has 0 amide bonds. The van der Waals surface area contributed by atoms with E-state index >= 15 is 0 Å². The first-order chi connectivity index (χ1) is 12.7. The molecule has 2 aliphatic rings. The molecular weight excluding hydrogens is 348 g/mol. The molecule has 0 bridgehead atoms. The lowest BCUT2D eigenvalue weighted by Crippen LogP contribution is -2.35. The van der Waals surface area contributed by atoms with Crippen LogP contribution in [-0.2, 0) is 5.41 Å². The van der Waals surface area contributed by atoms with Crippen LogP contribution in [0.3, 0.4) is 0 Å². The number of halogens is 1. The Morgan fingerprint density at radius 3 is 2.77 bits per heavy atom. The third-order valence-corrected chi connectivity index (χ3v) is 5.11. The van der Waals surface area contributed by atoms with E-state index < -0.39 is 5.41 Å². The Kier molecular flexibility index (Phi) is 3.21. The number of nitrogens with one attached hydrogen (secondary N) is 1. The Morgan fingerprint density at radius 2 is 2.00 bits per heavy atom. The largest absolute Gasteiger partial charge is 0.455 e. The number of aromatic nitrogens is 2. The van der Waals surface area contributed by atoms with Crippen LogP contribution >= 0.6 is 11.6 Å². The first-order valence-corrected chi connectivity index (χ1v) is 8.65. The molecule has 6 heteroatoms. The van der Waals surface area contributed by atoms with Crippen molar-refractivity contribution in [1.82, 2.24) is 15.3 Å². The normalized spacial score (nSPS) is 20.0. The van der Waals surface area contributed by atoms with E-state index in [0.717, 1.165) is 28.1 Å². The van der Waals surface area contributed by atoms with E-state index in [0.29, 0.717) is 23.3 Å². The highest BCUT2D eigenvalue weighted by molar-refractivity contribution is 6.29. The van der Waals surface area contributed by atoms with E-state index in [1.54, 1.807) is 12.3 Å². The molecule has 3 aromatic rings. The monoisotopic (exact) mass is 362 g/mol. The van der Waals surface area contributed by atoms with Gasteiger partial charge in [0.1, 0.15) is 22.3 Å². The van der Waals surface area contributed by atoms with Crippen molar-refractivity contribution in [3.05, 3.63) is 83.2 Å². The van der Waals surface area contributed by atoms with Gasteiger partial charge in [-0.05, 0) is 42.0 Å². The Morgan fingerprint density at radius 1 is 1.12 bits per heavy atom. The zero-order valence-electron chi connectivity index (χ0n) is 13.7. The van der Waals surface area contributed by atoms with Gasteiger partial charge < -0.3 is 15.8 Å². The summed E-state index contributed by atoms with van der Waals surface area (Å²) in [7, 11) is 0. The predicted octanol–water partition coefficient (Wildman–Crippen LogP) is 3.59. The van der Waals surface area contributed by atoms with Crippen LogP contribution in [0.25, 0.3) is 11.1 Å². The number of hydrogen-bond acceptors (Lipinski definition) is 5. The van der Waals surface area contributed by atoms with Crippen LogP contribution in [0.2, 0.25) is 5.15 Å². The summed E-state index contributed by atoms with van der Waals surface area (Å²) >= 11 is 6.18. The summed E-state index contributed by atoms with van der Waals surface area (Å²) in [6.45, 7) is 0.603. The molecule has 0 saturated heterocycles. The van der Waals surface area contributed by atoms with Crippen molar-refractivity contribution in [3.8, 4) is 22.6 Å². The first-order valence-electron chi connectivity index (χ1n) is 8.28. The van der Waals surface area contributed by atoms with E-state index in [4.69, 9.17) is 22.1 Å². The van der Waals surface area contributed by atoms with Crippen molar-refractivity contribution in [1.29, 1.82) is 0 Å². The number of hydrogen-bond donors (Lipinski definition) is 2. The predicted molar refractivity (Wildman–Crippen MR) is 100 cm³/mol. The van der Waals surface area contributed by atoms with Crippen molar-refractivity contribution in [2.45, 2.75) is 5.41 Å². The second-order valence-electron chi connectivity index (χ2n) is 6.46. The third kappa shape index (κ3) is 2.17. The summed E-state index contributed by atoms with van der Waals surface area (Å²) < 4.78 is 6.11. The second-order valence-corrected chi connectivity index (χ2v) is 6.85. The van der Waals surface area contributed by atoms with E-state index in [1.165, 1.54) is 0 Å². The number of pyridine rings is 2. The number of nitrogens with two attached hydrogens (primary N) is 1. The molecule has 2 aliphatic heterocycles. The number of fused-ring (bicyclic) bond motifs is 4. The van der Waals surface area contributed by atoms with Crippen molar-refractivity contribution in [2.24, 2.45) is 5.73 Å². The molecule has 3 N–H and O–H groups in total. The third-order valence-electron chi connectivity index (χ3n) is 4.90. The minimum Gasteiger partial charge on any atom is -0.455 e. The maximum absolute atomic E-state index is 6.18. The fraction of sp³-hybridized carbons (Fsp3) is 0.100. The quantitative estimate of drug-likeness (QED) is 0.647. The van der Waals surface area contributed by atoms with Gasteiger partial charge in [0.25, 0.3) is 0 Å². The van der Waals surface area contributed by atoms with Crippen LogP contribution in [-0.4, -0.2) is 16.5 Å². The van der Waals surface area contributed by atoms with E-state index in [-0.39, 0.29) is 0 Å². The minimum atomic E-state index is -0.518. The van der Waals surface area contributed by atoms with E-state index in [2.05, 4.69) is 21.4 Å². The van der Waals surface area contributed by atoms with Gasteiger partial charge in [0.05, 0.1) is 11.2 Å². The highest BCUT2D eigenvalue weighted by Gasteiger charge is 2.45. The van der Waals surface area contributed by atoms with Crippen LogP contribution in [0.5, 0.6) is 11.5 Å². The van der Waals surface area contributed by atoms with Crippen molar-refractivity contribution in [2.75, 3.05) is 6.54 Å². The van der Waals surface area contributed by atoms with Gasteiger partial charge in [-0.2, -0.15) is 0 Å². The summed E-state index contributed by atoms with van der Waals surface area (Å²) in [5.41, 5.74) is 9.44. The van der Waals surface area contributed by atoms with Crippen molar-refractivity contribution >= 4 is 11.6 Å². The molecule has 1 unspecified atom stereocenters. The molecule has 26 heavy (non-hydrogen) atoms. The zero-order chi connectivity index (χ0) is 17.7. The summed E-state index contributed by atoms with van der Waals surface area (Å²) in [4.78, 5) is 8.79. The van der Waals surface area contributed by atoms with Crippen LogP contribution in [0, 0.1) is 0 Å². The maximum Gasteiger partial charge on any atom is 0.150 e. The average Bonchev–Trinajstić information content (AvgIpc) is 3.06. The Labute approximate surface area is 155 Å². The minimum absolute atomic E-state index is 0.428. The molecule has 5 rings (SSSR count). The van der Waals surface area contributed by atoms with Crippen LogP contribution in [0.1, 0.15) is 11.3 Å². The molecule has 2 aromatic heterocycles. The Balaban J connectivity index is 1.76. The Hall–Kier alpha value is -3.05.